The highest BCUT2D eigenvalue weighted by Gasteiger charge is 2.42. The monoisotopic (exact) mass is 303 g/mol. The second kappa shape index (κ2) is 7.12. The third kappa shape index (κ3) is 4.31. The molecule has 122 valence electrons. The summed E-state index contributed by atoms with van der Waals surface area (Å²) in [5.74, 6) is 0. The van der Waals surface area contributed by atoms with Gasteiger partial charge in [-0.15, -0.1) is 0 Å². The van der Waals surface area contributed by atoms with Crippen molar-refractivity contribution >= 4 is 0 Å². The van der Waals surface area contributed by atoms with Crippen LogP contribution >= 0.6 is 0 Å². The molecule has 1 heterocycles. The third-order valence-corrected chi connectivity index (χ3v) is 5.34. The molecule has 1 N–H and O–H groups in total. The zero-order valence-electron chi connectivity index (χ0n) is 13.9. The molecular formula is C19H29NO2. The molecule has 3 nitrogen and oxygen atoms in total. The van der Waals surface area contributed by atoms with Gasteiger partial charge in [-0.3, -0.25) is 0 Å². The van der Waals surface area contributed by atoms with E-state index in [4.69, 9.17) is 9.47 Å². The molecule has 0 spiro atoms. The van der Waals surface area contributed by atoms with E-state index in [0.717, 1.165) is 32.6 Å². The van der Waals surface area contributed by atoms with Gasteiger partial charge in [-0.25, -0.2) is 0 Å². The molecule has 3 heteroatoms. The Hall–Kier alpha value is -0.900. The molecular weight excluding hydrogens is 274 g/mol. The summed E-state index contributed by atoms with van der Waals surface area (Å²) in [5.41, 5.74) is 3.16. The first-order valence-electron chi connectivity index (χ1n) is 8.66. The van der Waals surface area contributed by atoms with Gasteiger partial charge in [0.1, 0.15) is 0 Å². The smallest absolute Gasteiger partial charge is 0.0720 e. The van der Waals surface area contributed by atoms with Crippen molar-refractivity contribution in [2.75, 3.05) is 13.2 Å². The minimum Gasteiger partial charge on any atom is -0.381 e. The van der Waals surface area contributed by atoms with Gasteiger partial charge in [0.2, 0.25) is 0 Å². The summed E-state index contributed by atoms with van der Waals surface area (Å²) in [4.78, 5) is 0. The van der Waals surface area contributed by atoms with Gasteiger partial charge in [-0.1, -0.05) is 31.2 Å². The van der Waals surface area contributed by atoms with E-state index in [1.54, 1.807) is 0 Å². The van der Waals surface area contributed by atoms with E-state index in [0.29, 0.717) is 24.2 Å². The summed E-state index contributed by atoms with van der Waals surface area (Å²) in [5, 5.41) is 3.68. The van der Waals surface area contributed by atoms with Gasteiger partial charge >= 0.3 is 0 Å². The van der Waals surface area contributed by atoms with Crippen LogP contribution in [-0.4, -0.2) is 25.4 Å². The molecule has 1 aliphatic carbocycles. The minimum absolute atomic E-state index is 0.366. The predicted octanol–water partition coefficient (Wildman–Crippen LogP) is 3.66. The van der Waals surface area contributed by atoms with E-state index >= 15 is 0 Å². The maximum atomic E-state index is 6.01. The van der Waals surface area contributed by atoms with Gasteiger partial charge in [0.15, 0.2) is 0 Å². The number of ether oxygens (including phenoxy) is 2. The Labute approximate surface area is 134 Å². The van der Waals surface area contributed by atoms with Crippen molar-refractivity contribution in [2.24, 2.45) is 5.41 Å². The van der Waals surface area contributed by atoms with Crippen molar-refractivity contribution in [1.82, 2.24) is 5.32 Å². The van der Waals surface area contributed by atoms with Crippen molar-refractivity contribution in [1.29, 1.82) is 0 Å². The van der Waals surface area contributed by atoms with Gasteiger partial charge in [-0.05, 0) is 49.1 Å². The van der Waals surface area contributed by atoms with Crippen LogP contribution in [-0.2, 0) is 22.6 Å². The van der Waals surface area contributed by atoms with Crippen LogP contribution in [0.5, 0.6) is 0 Å². The van der Waals surface area contributed by atoms with Crippen LogP contribution in [0.3, 0.4) is 0 Å². The topological polar surface area (TPSA) is 30.5 Å². The van der Waals surface area contributed by atoms with Gasteiger partial charge in [0.25, 0.3) is 0 Å². The maximum Gasteiger partial charge on any atom is 0.0720 e. The highest BCUT2D eigenvalue weighted by molar-refractivity contribution is 5.23. The Balaban J connectivity index is 1.46. The first-order chi connectivity index (χ1) is 10.7. The standard InChI is InChI=1S/C19H29NO2/c1-15(19(2)8-9-19)20-13-16-4-3-5-17(12-16)14-22-18-6-10-21-11-7-18/h3-5,12,15,18,20H,6-11,13-14H2,1-2H3. The molecule has 0 aromatic heterocycles. The highest BCUT2D eigenvalue weighted by atomic mass is 16.5. The van der Waals surface area contributed by atoms with Crippen molar-refractivity contribution in [3.05, 3.63) is 35.4 Å². The van der Waals surface area contributed by atoms with Crippen LogP contribution in [0.15, 0.2) is 24.3 Å². The maximum absolute atomic E-state index is 6.01. The molecule has 1 aromatic rings. The van der Waals surface area contributed by atoms with E-state index in [-0.39, 0.29) is 0 Å². The predicted molar refractivity (Wildman–Crippen MR) is 88.7 cm³/mol. The average Bonchev–Trinajstić information content (AvgIpc) is 3.31. The van der Waals surface area contributed by atoms with Gasteiger partial charge in [-0.2, -0.15) is 0 Å². The zero-order chi connectivity index (χ0) is 15.4. The molecule has 0 bridgehead atoms. The molecule has 2 fully saturated rings. The van der Waals surface area contributed by atoms with Crippen LogP contribution in [0.1, 0.15) is 50.7 Å². The highest BCUT2D eigenvalue weighted by Crippen LogP contribution is 2.47. The summed E-state index contributed by atoms with van der Waals surface area (Å²) in [6, 6.07) is 9.37. The van der Waals surface area contributed by atoms with Crippen molar-refractivity contribution in [3.63, 3.8) is 0 Å². The lowest BCUT2D eigenvalue weighted by molar-refractivity contribution is -0.0390. The second-order valence-electron chi connectivity index (χ2n) is 7.20. The lowest BCUT2D eigenvalue weighted by atomic mass is 10.0. The second-order valence-corrected chi connectivity index (χ2v) is 7.20. The third-order valence-electron chi connectivity index (χ3n) is 5.34. The first-order valence-corrected chi connectivity index (χ1v) is 8.66. The molecule has 0 amide bonds. The molecule has 3 rings (SSSR count). The van der Waals surface area contributed by atoms with Crippen LogP contribution in [0.4, 0.5) is 0 Å². The number of hydrogen-bond donors (Lipinski definition) is 1. The van der Waals surface area contributed by atoms with Crippen LogP contribution in [0, 0.1) is 5.41 Å². The molecule has 1 unspecified atom stereocenters. The van der Waals surface area contributed by atoms with Crippen molar-refractivity contribution in [2.45, 2.75) is 64.8 Å². The summed E-state index contributed by atoms with van der Waals surface area (Å²) >= 11 is 0. The fourth-order valence-corrected chi connectivity index (χ4v) is 3.03. The van der Waals surface area contributed by atoms with Crippen LogP contribution in [0.2, 0.25) is 0 Å². The molecule has 22 heavy (non-hydrogen) atoms. The minimum atomic E-state index is 0.366. The molecule has 1 saturated carbocycles. The van der Waals surface area contributed by atoms with Crippen molar-refractivity contribution in [3.8, 4) is 0 Å². The SMILES string of the molecule is CC(NCc1cccc(COC2CCOCC2)c1)C1(C)CC1. The van der Waals surface area contributed by atoms with Gasteiger partial charge < -0.3 is 14.8 Å². The largest absolute Gasteiger partial charge is 0.381 e. The molecule has 1 atom stereocenters. The Morgan fingerprint density at radius 1 is 1.27 bits per heavy atom. The quantitative estimate of drug-likeness (QED) is 0.834. The number of benzene rings is 1. The number of nitrogens with one attached hydrogen (secondary N) is 1. The van der Waals surface area contributed by atoms with Gasteiger partial charge in [0.05, 0.1) is 12.7 Å². The van der Waals surface area contributed by atoms with E-state index in [9.17, 15) is 0 Å². The van der Waals surface area contributed by atoms with E-state index in [1.165, 1.54) is 24.0 Å². The summed E-state index contributed by atoms with van der Waals surface area (Å²) in [7, 11) is 0. The van der Waals surface area contributed by atoms with Gasteiger partial charge in [0, 0.05) is 25.8 Å². The number of hydrogen-bond acceptors (Lipinski definition) is 3. The number of rotatable bonds is 7. The molecule has 2 aliphatic rings. The molecule has 1 aliphatic heterocycles. The Morgan fingerprint density at radius 3 is 2.73 bits per heavy atom. The van der Waals surface area contributed by atoms with E-state index < -0.39 is 0 Å². The van der Waals surface area contributed by atoms with Crippen LogP contribution < -0.4 is 5.32 Å². The van der Waals surface area contributed by atoms with E-state index in [1.807, 2.05) is 0 Å². The zero-order valence-corrected chi connectivity index (χ0v) is 13.9. The Bertz CT molecular complexity index is 478. The lowest BCUT2D eigenvalue weighted by Crippen LogP contribution is -2.32. The normalized spacial score (nSPS) is 22.5. The fourth-order valence-electron chi connectivity index (χ4n) is 3.03. The first kappa shape index (κ1) is 16.0. The molecule has 1 aromatic carbocycles. The Kier molecular flexibility index (Phi) is 5.17. The molecule has 0 radical (unpaired) electrons. The van der Waals surface area contributed by atoms with Crippen LogP contribution in [0.25, 0.3) is 0 Å². The average molecular weight is 303 g/mol. The fraction of sp³-hybridized carbons (Fsp3) is 0.684. The summed E-state index contributed by atoms with van der Waals surface area (Å²) < 4.78 is 11.4. The van der Waals surface area contributed by atoms with Crippen molar-refractivity contribution < 1.29 is 9.47 Å². The molecule has 1 saturated heterocycles. The lowest BCUT2D eigenvalue weighted by Gasteiger charge is -2.23. The van der Waals surface area contributed by atoms with E-state index in [2.05, 4.69) is 43.4 Å². The summed E-state index contributed by atoms with van der Waals surface area (Å²) in [6.07, 6.45) is 5.14. The Morgan fingerprint density at radius 2 is 2.00 bits per heavy atom. The summed E-state index contributed by atoms with van der Waals surface area (Å²) in [6.45, 7) is 8.03.